The molecular formula is C14H19NO2S. The first-order valence-electron chi connectivity index (χ1n) is 6.07. The number of fused-ring (bicyclic) bond motifs is 1. The van der Waals surface area contributed by atoms with Gasteiger partial charge in [-0.15, -0.1) is 0 Å². The molecule has 0 aliphatic heterocycles. The Morgan fingerprint density at radius 3 is 2.94 bits per heavy atom. The van der Waals surface area contributed by atoms with E-state index in [1.165, 1.54) is 0 Å². The van der Waals surface area contributed by atoms with Crippen LogP contribution in [0, 0.1) is 0 Å². The van der Waals surface area contributed by atoms with Crippen molar-refractivity contribution in [2.24, 2.45) is 0 Å². The van der Waals surface area contributed by atoms with Gasteiger partial charge in [-0.3, -0.25) is 0 Å². The number of hydrogen-bond acceptors (Lipinski definition) is 4. The van der Waals surface area contributed by atoms with Crippen molar-refractivity contribution in [3.05, 3.63) is 36.1 Å². The average Bonchev–Trinajstić information content (AvgIpc) is 2.82. The molecule has 0 aliphatic carbocycles. The Kier molecular flexibility index (Phi) is 5.11. The molecule has 4 heteroatoms. The molecule has 3 nitrogen and oxygen atoms in total. The van der Waals surface area contributed by atoms with Crippen molar-refractivity contribution in [3.8, 4) is 0 Å². The molecule has 0 fully saturated rings. The van der Waals surface area contributed by atoms with Gasteiger partial charge < -0.3 is 14.5 Å². The molecule has 2 rings (SSSR count). The molecule has 0 aliphatic rings. The number of nitrogens with one attached hydrogen (secondary N) is 1. The number of methoxy groups -OCH3 is 1. The topological polar surface area (TPSA) is 34.4 Å². The van der Waals surface area contributed by atoms with E-state index in [1.807, 2.05) is 37.0 Å². The van der Waals surface area contributed by atoms with Crippen LogP contribution >= 0.6 is 11.8 Å². The molecule has 1 unspecified atom stereocenters. The summed E-state index contributed by atoms with van der Waals surface area (Å²) in [5, 5.41) is 4.46. The maximum Gasteiger partial charge on any atom is 0.134 e. The Morgan fingerprint density at radius 2 is 2.22 bits per heavy atom. The molecule has 0 amide bonds. The summed E-state index contributed by atoms with van der Waals surface area (Å²) in [6.07, 6.45) is 0. The fourth-order valence-electron chi connectivity index (χ4n) is 1.83. The van der Waals surface area contributed by atoms with Gasteiger partial charge in [-0.25, -0.2) is 0 Å². The lowest BCUT2D eigenvalue weighted by molar-refractivity contribution is 0.218. The summed E-state index contributed by atoms with van der Waals surface area (Å²) in [7, 11) is 3.70. The average molecular weight is 265 g/mol. The largest absolute Gasteiger partial charge is 0.459 e. The first-order valence-corrected chi connectivity index (χ1v) is 7.23. The third kappa shape index (κ3) is 3.28. The zero-order chi connectivity index (χ0) is 12.8. The van der Waals surface area contributed by atoms with Gasteiger partial charge in [0, 0.05) is 24.0 Å². The van der Waals surface area contributed by atoms with E-state index < -0.39 is 0 Å². The van der Waals surface area contributed by atoms with Crippen LogP contribution in [0.5, 0.6) is 0 Å². The smallest absolute Gasteiger partial charge is 0.134 e. The predicted octanol–water partition coefficient (Wildman–Crippen LogP) is 3.07. The summed E-state index contributed by atoms with van der Waals surface area (Å²) < 4.78 is 10.9. The van der Waals surface area contributed by atoms with E-state index in [9.17, 15) is 0 Å². The number of para-hydroxylation sites is 1. The minimum atomic E-state index is 0.249. The van der Waals surface area contributed by atoms with Gasteiger partial charge in [0.25, 0.3) is 0 Å². The molecule has 0 radical (unpaired) electrons. The lowest BCUT2D eigenvalue weighted by atomic mass is 10.2. The highest BCUT2D eigenvalue weighted by molar-refractivity contribution is 7.99. The van der Waals surface area contributed by atoms with E-state index in [4.69, 9.17) is 9.15 Å². The molecule has 0 bridgehead atoms. The highest BCUT2D eigenvalue weighted by Gasteiger charge is 2.14. The molecular weight excluding hydrogens is 246 g/mol. The molecule has 0 saturated heterocycles. The molecule has 1 aromatic heterocycles. The summed E-state index contributed by atoms with van der Waals surface area (Å²) in [4.78, 5) is 0. The van der Waals surface area contributed by atoms with Crippen molar-refractivity contribution in [2.45, 2.75) is 6.04 Å². The monoisotopic (exact) mass is 265 g/mol. The van der Waals surface area contributed by atoms with E-state index in [2.05, 4.69) is 17.4 Å². The summed E-state index contributed by atoms with van der Waals surface area (Å²) in [5.74, 6) is 3.00. The Labute approximate surface area is 112 Å². The van der Waals surface area contributed by atoms with Crippen molar-refractivity contribution in [2.75, 3.05) is 32.3 Å². The molecule has 1 atom stereocenters. The van der Waals surface area contributed by atoms with Crippen molar-refractivity contribution >= 4 is 22.7 Å². The minimum Gasteiger partial charge on any atom is -0.459 e. The van der Waals surface area contributed by atoms with Gasteiger partial charge in [0.1, 0.15) is 11.3 Å². The zero-order valence-corrected chi connectivity index (χ0v) is 11.6. The number of ether oxygens (including phenoxy) is 1. The fourth-order valence-corrected chi connectivity index (χ4v) is 2.84. The maximum atomic E-state index is 5.87. The van der Waals surface area contributed by atoms with Gasteiger partial charge in [0.05, 0.1) is 12.6 Å². The minimum absolute atomic E-state index is 0.249. The first-order chi connectivity index (χ1) is 8.85. The van der Waals surface area contributed by atoms with Crippen LogP contribution in [0.4, 0.5) is 0 Å². The van der Waals surface area contributed by atoms with Crippen LogP contribution in [-0.4, -0.2) is 32.3 Å². The second kappa shape index (κ2) is 6.83. The molecule has 0 saturated carbocycles. The van der Waals surface area contributed by atoms with Gasteiger partial charge in [-0.2, -0.15) is 11.8 Å². The van der Waals surface area contributed by atoms with Crippen LogP contribution in [0.15, 0.2) is 34.7 Å². The molecule has 0 spiro atoms. The van der Waals surface area contributed by atoms with Crippen molar-refractivity contribution < 1.29 is 9.15 Å². The van der Waals surface area contributed by atoms with Gasteiger partial charge in [-0.1, -0.05) is 18.2 Å². The molecule has 1 heterocycles. The van der Waals surface area contributed by atoms with Crippen molar-refractivity contribution in [1.82, 2.24) is 5.32 Å². The molecule has 1 N–H and O–H groups in total. The summed E-state index contributed by atoms with van der Waals surface area (Å²) >= 11 is 1.87. The third-order valence-corrected chi connectivity index (χ3v) is 3.88. The second-order valence-corrected chi connectivity index (χ2v) is 5.25. The Hall–Kier alpha value is -0.970. The number of thioether (sulfide) groups is 1. The van der Waals surface area contributed by atoms with Crippen LogP contribution < -0.4 is 5.32 Å². The second-order valence-electron chi connectivity index (χ2n) is 4.10. The summed E-state index contributed by atoms with van der Waals surface area (Å²) in [5.41, 5.74) is 0.953. The van der Waals surface area contributed by atoms with Crippen LogP contribution in [0.3, 0.4) is 0 Å². The third-order valence-electron chi connectivity index (χ3n) is 2.85. The van der Waals surface area contributed by atoms with Gasteiger partial charge in [-0.05, 0) is 19.2 Å². The van der Waals surface area contributed by atoms with E-state index >= 15 is 0 Å². The Bertz CT molecular complexity index is 450. The SMILES string of the molecule is CNC(CSCCOC)c1cc2ccccc2o1. The van der Waals surface area contributed by atoms with Gasteiger partial charge in [0.15, 0.2) is 0 Å². The molecule has 98 valence electrons. The highest BCUT2D eigenvalue weighted by atomic mass is 32.2. The van der Waals surface area contributed by atoms with Crippen molar-refractivity contribution in [1.29, 1.82) is 0 Å². The number of rotatable bonds is 7. The van der Waals surface area contributed by atoms with Crippen molar-refractivity contribution in [3.63, 3.8) is 0 Å². The van der Waals surface area contributed by atoms with Crippen LogP contribution in [0.1, 0.15) is 11.8 Å². The molecule has 1 aromatic carbocycles. The summed E-state index contributed by atoms with van der Waals surface area (Å²) in [6.45, 7) is 0.793. The van der Waals surface area contributed by atoms with E-state index in [1.54, 1.807) is 7.11 Å². The summed E-state index contributed by atoms with van der Waals surface area (Å²) in [6, 6.07) is 10.5. The predicted molar refractivity (Wildman–Crippen MR) is 77.2 cm³/mol. The van der Waals surface area contributed by atoms with E-state index in [0.29, 0.717) is 0 Å². The quantitative estimate of drug-likeness (QED) is 0.780. The number of furan rings is 1. The molecule has 18 heavy (non-hydrogen) atoms. The van der Waals surface area contributed by atoms with Crippen LogP contribution in [0.25, 0.3) is 11.0 Å². The fraction of sp³-hybridized carbons (Fsp3) is 0.429. The Balaban J connectivity index is 2.02. The lowest BCUT2D eigenvalue weighted by Crippen LogP contribution is -2.18. The van der Waals surface area contributed by atoms with Crippen LogP contribution in [0.2, 0.25) is 0 Å². The Morgan fingerprint density at radius 1 is 1.39 bits per heavy atom. The highest BCUT2D eigenvalue weighted by Crippen LogP contribution is 2.25. The number of hydrogen-bond donors (Lipinski definition) is 1. The van der Waals surface area contributed by atoms with Gasteiger partial charge in [0.2, 0.25) is 0 Å². The normalized spacial score (nSPS) is 13.0. The van der Waals surface area contributed by atoms with Crippen LogP contribution in [-0.2, 0) is 4.74 Å². The zero-order valence-electron chi connectivity index (χ0n) is 10.8. The molecule has 2 aromatic rings. The van der Waals surface area contributed by atoms with E-state index in [0.717, 1.165) is 34.8 Å². The lowest BCUT2D eigenvalue weighted by Gasteiger charge is -2.12. The maximum absolute atomic E-state index is 5.87. The van der Waals surface area contributed by atoms with Gasteiger partial charge >= 0.3 is 0 Å². The number of benzene rings is 1. The van der Waals surface area contributed by atoms with E-state index in [-0.39, 0.29) is 6.04 Å². The standard InChI is InChI=1S/C14H19NO2S/c1-15-12(10-18-8-7-16-2)14-9-11-5-3-4-6-13(11)17-14/h3-6,9,12,15H,7-8,10H2,1-2H3. The first kappa shape index (κ1) is 13.5.